The zero-order valence-electron chi connectivity index (χ0n) is 17.2. The summed E-state index contributed by atoms with van der Waals surface area (Å²) in [5.74, 6) is -0.491. The van der Waals surface area contributed by atoms with Gasteiger partial charge < -0.3 is 19.9 Å². The highest BCUT2D eigenvalue weighted by Crippen LogP contribution is 2.27. The van der Waals surface area contributed by atoms with E-state index in [1.165, 1.54) is 0 Å². The molecule has 0 aromatic heterocycles. The van der Waals surface area contributed by atoms with Gasteiger partial charge in [0.2, 0.25) is 0 Å². The molecule has 0 saturated carbocycles. The number of likely N-dealkylation sites (tertiary alicyclic amines) is 1. The van der Waals surface area contributed by atoms with Crippen LogP contribution in [0.3, 0.4) is 0 Å². The molecule has 1 saturated heterocycles. The maximum absolute atomic E-state index is 12.6. The van der Waals surface area contributed by atoms with Crippen molar-refractivity contribution >= 4 is 11.9 Å². The summed E-state index contributed by atoms with van der Waals surface area (Å²) in [6.45, 7) is 3.74. The first kappa shape index (κ1) is 21.6. The van der Waals surface area contributed by atoms with Crippen LogP contribution in [-0.4, -0.2) is 53.7 Å². The third kappa shape index (κ3) is 5.51. The van der Waals surface area contributed by atoms with Crippen molar-refractivity contribution in [2.24, 2.45) is 0 Å². The number of carbonyl (C=O) groups excluding carboxylic acids is 1. The van der Waals surface area contributed by atoms with Gasteiger partial charge in [0.05, 0.1) is 6.61 Å². The molecule has 3 rings (SSSR count). The number of aliphatic carboxylic acids is 1. The number of para-hydroxylation sites is 2. The second kappa shape index (κ2) is 10.1. The van der Waals surface area contributed by atoms with Gasteiger partial charge in [-0.3, -0.25) is 9.69 Å². The molecule has 0 aliphatic carbocycles. The van der Waals surface area contributed by atoms with Crippen LogP contribution in [0, 0.1) is 0 Å². The number of nitrogens with zero attached hydrogens (tertiary/aromatic N) is 1. The summed E-state index contributed by atoms with van der Waals surface area (Å²) in [6.07, 6.45) is 1.07. The zero-order valence-corrected chi connectivity index (χ0v) is 17.2. The molecule has 0 unspecified atom stereocenters. The van der Waals surface area contributed by atoms with Crippen molar-refractivity contribution in [2.75, 3.05) is 26.3 Å². The molecule has 0 bridgehead atoms. The fourth-order valence-corrected chi connectivity index (χ4v) is 3.74. The lowest BCUT2D eigenvalue weighted by Gasteiger charge is -2.40. The quantitative estimate of drug-likeness (QED) is 0.658. The van der Waals surface area contributed by atoms with Crippen molar-refractivity contribution < 1.29 is 24.2 Å². The summed E-state index contributed by atoms with van der Waals surface area (Å²) in [5, 5.41) is 12.6. The lowest BCUT2D eigenvalue weighted by Crippen LogP contribution is -2.63. The third-order valence-electron chi connectivity index (χ3n) is 5.12. The molecule has 0 spiro atoms. The van der Waals surface area contributed by atoms with Gasteiger partial charge in [-0.15, -0.1) is 0 Å². The Morgan fingerprint density at radius 1 is 1.07 bits per heavy atom. The Morgan fingerprint density at radius 2 is 1.73 bits per heavy atom. The minimum absolute atomic E-state index is 0.249. The number of hydrogen-bond acceptors (Lipinski definition) is 5. The fraction of sp³-hybridized carbons (Fsp3) is 0.391. The monoisotopic (exact) mass is 412 g/mol. The summed E-state index contributed by atoms with van der Waals surface area (Å²) < 4.78 is 11.1. The van der Waals surface area contributed by atoms with Crippen LogP contribution in [0.25, 0.3) is 0 Å². The summed E-state index contributed by atoms with van der Waals surface area (Å²) in [7, 11) is 0. The number of hydrogen-bond donors (Lipinski definition) is 2. The predicted molar refractivity (Wildman–Crippen MR) is 113 cm³/mol. The van der Waals surface area contributed by atoms with Crippen molar-refractivity contribution in [1.29, 1.82) is 0 Å². The van der Waals surface area contributed by atoms with Gasteiger partial charge in [0.25, 0.3) is 5.91 Å². The normalized spacial score (nSPS) is 19.1. The largest absolute Gasteiger partial charge is 0.490 e. The van der Waals surface area contributed by atoms with E-state index >= 15 is 0 Å². The molecule has 2 aromatic rings. The summed E-state index contributed by atoms with van der Waals surface area (Å²) in [5.41, 5.74) is -0.215. The molecule has 2 N–H and O–H groups in total. The van der Waals surface area contributed by atoms with Crippen LogP contribution in [0.5, 0.6) is 11.5 Å². The number of nitrogens with one attached hydrogen (secondary N) is 1. The Balaban J connectivity index is 1.63. The number of benzene rings is 2. The molecule has 160 valence electrons. The van der Waals surface area contributed by atoms with Crippen LogP contribution in [0.2, 0.25) is 0 Å². The second-order valence-electron chi connectivity index (χ2n) is 7.40. The van der Waals surface area contributed by atoms with E-state index in [0.717, 1.165) is 12.1 Å². The summed E-state index contributed by atoms with van der Waals surface area (Å²) in [4.78, 5) is 26.8. The van der Waals surface area contributed by atoms with Crippen LogP contribution >= 0.6 is 0 Å². The van der Waals surface area contributed by atoms with Crippen LogP contribution in [-0.2, 0) is 16.1 Å². The first-order chi connectivity index (χ1) is 14.5. The van der Waals surface area contributed by atoms with Gasteiger partial charge in [0, 0.05) is 13.1 Å². The Hall–Kier alpha value is -3.06. The van der Waals surface area contributed by atoms with Gasteiger partial charge >= 0.3 is 5.97 Å². The molecule has 1 aliphatic heterocycles. The van der Waals surface area contributed by atoms with E-state index in [1.807, 2.05) is 43.3 Å². The van der Waals surface area contributed by atoms with E-state index < -0.39 is 17.4 Å². The number of rotatable bonds is 9. The lowest BCUT2D eigenvalue weighted by molar-refractivity contribution is -0.151. The first-order valence-corrected chi connectivity index (χ1v) is 10.2. The highest BCUT2D eigenvalue weighted by molar-refractivity contribution is 5.88. The van der Waals surface area contributed by atoms with Crippen molar-refractivity contribution in [2.45, 2.75) is 31.8 Å². The van der Waals surface area contributed by atoms with Gasteiger partial charge in [0.15, 0.2) is 23.6 Å². The Morgan fingerprint density at radius 3 is 2.40 bits per heavy atom. The minimum atomic E-state index is -1.33. The number of ether oxygens (including phenoxy) is 2. The van der Waals surface area contributed by atoms with E-state index in [1.54, 1.807) is 18.2 Å². The molecule has 1 fully saturated rings. The van der Waals surface area contributed by atoms with Crippen LogP contribution in [0.15, 0.2) is 54.6 Å². The molecular weight excluding hydrogens is 384 g/mol. The van der Waals surface area contributed by atoms with Crippen molar-refractivity contribution in [3.8, 4) is 11.5 Å². The molecule has 30 heavy (non-hydrogen) atoms. The van der Waals surface area contributed by atoms with Gasteiger partial charge in [-0.05, 0) is 44.0 Å². The maximum Gasteiger partial charge on any atom is 0.330 e. The average Bonchev–Trinajstić information content (AvgIpc) is 2.74. The average molecular weight is 412 g/mol. The molecular formula is C23H28N2O5. The molecule has 1 heterocycles. The standard InChI is InChI=1S/C23H28N2O5/c1-2-29-19-11-6-7-12-20(19)30-16-21(26)24-23(22(27)28)13-8-14-25(17-23)15-18-9-4-3-5-10-18/h3-7,9-12H,2,8,13-17H2,1H3,(H,24,26)(H,27,28)/t23-/m0/s1. The SMILES string of the molecule is CCOc1ccccc1OCC(=O)N[C@@]1(C(=O)O)CCCN(Cc2ccccc2)C1. The Labute approximate surface area is 176 Å². The molecule has 7 heteroatoms. The summed E-state index contributed by atoms with van der Waals surface area (Å²) >= 11 is 0. The molecule has 2 aromatic carbocycles. The number of carbonyl (C=O) groups is 2. The number of piperidine rings is 1. The zero-order chi connectivity index (χ0) is 21.4. The van der Waals surface area contributed by atoms with E-state index in [9.17, 15) is 14.7 Å². The Kier molecular flexibility index (Phi) is 7.30. The van der Waals surface area contributed by atoms with Gasteiger partial charge in [-0.1, -0.05) is 42.5 Å². The van der Waals surface area contributed by atoms with Crippen LogP contribution in [0.1, 0.15) is 25.3 Å². The van der Waals surface area contributed by atoms with Crippen molar-refractivity contribution in [3.63, 3.8) is 0 Å². The second-order valence-corrected chi connectivity index (χ2v) is 7.40. The van der Waals surface area contributed by atoms with Gasteiger partial charge in [-0.25, -0.2) is 4.79 Å². The number of amides is 1. The highest BCUT2D eigenvalue weighted by atomic mass is 16.5. The summed E-state index contributed by atoms with van der Waals surface area (Å²) in [6, 6.07) is 17.0. The lowest BCUT2D eigenvalue weighted by atomic mass is 9.88. The minimum Gasteiger partial charge on any atom is -0.490 e. The topological polar surface area (TPSA) is 88.1 Å². The van der Waals surface area contributed by atoms with E-state index in [0.29, 0.717) is 37.5 Å². The first-order valence-electron chi connectivity index (χ1n) is 10.2. The third-order valence-corrected chi connectivity index (χ3v) is 5.12. The van der Waals surface area contributed by atoms with Gasteiger partial charge in [-0.2, -0.15) is 0 Å². The smallest absolute Gasteiger partial charge is 0.330 e. The highest BCUT2D eigenvalue weighted by Gasteiger charge is 2.43. The maximum atomic E-state index is 12.6. The van der Waals surface area contributed by atoms with Gasteiger partial charge in [0.1, 0.15) is 0 Å². The van der Waals surface area contributed by atoms with E-state index in [2.05, 4.69) is 10.2 Å². The van der Waals surface area contributed by atoms with Crippen LogP contribution < -0.4 is 14.8 Å². The van der Waals surface area contributed by atoms with Crippen molar-refractivity contribution in [1.82, 2.24) is 10.2 Å². The molecule has 1 atom stereocenters. The number of carboxylic acid groups (broad SMARTS) is 1. The molecule has 1 aliphatic rings. The van der Waals surface area contributed by atoms with E-state index in [4.69, 9.17) is 9.47 Å². The fourth-order valence-electron chi connectivity index (χ4n) is 3.74. The van der Waals surface area contributed by atoms with E-state index in [-0.39, 0.29) is 13.2 Å². The van der Waals surface area contributed by atoms with Crippen molar-refractivity contribution in [3.05, 3.63) is 60.2 Å². The molecule has 1 amide bonds. The van der Waals surface area contributed by atoms with Crippen LogP contribution in [0.4, 0.5) is 0 Å². The molecule has 0 radical (unpaired) electrons. The molecule has 7 nitrogen and oxygen atoms in total. The Bertz CT molecular complexity index is 858. The predicted octanol–water partition coefficient (Wildman–Crippen LogP) is 2.70. The number of carboxylic acids is 1.